The molecule has 126 valence electrons. The SMILES string of the molecule is CC1CCN([C@H](C)CNC(=O)C2(c3cccc(Br)c3)CC2)CC1. The Kier molecular flexibility index (Phi) is 5.12. The first-order valence-corrected chi connectivity index (χ1v) is 9.59. The fourth-order valence-corrected chi connectivity index (χ4v) is 3.97. The van der Waals surface area contributed by atoms with Crippen LogP contribution in [0.5, 0.6) is 0 Å². The van der Waals surface area contributed by atoms with E-state index in [1.807, 2.05) is 12.1 Å². The smallest absolute Gasteiger partial charge is 0.230 e. The Morgan fingerprint density at radius 3 is 2.70 bits per heavy atom. The van der Waals surface area contributed by atoms with Crippen molar-refractivity contribution in [2.75, 3.05) is 19.6 Å². The summed E-state index contributed by atoms with van der Waals surface area (Å²) in [6, 6.07) is 8.61. The molecule has 2 fully saturated rings. The van der Waals surface area contributed by atoms with Crippen LogP contribution in [0.15, 0.2) is 28.7 Å². The van der Waals surface area contributed by atoms with Gasteiger partial charge in [-0.2, -0.15) is 0 Å². The predicted octanol–water partition coefficient (Wildman–Crippen LogP) is 3.72. The number of likely N-dealkylation sites (tertiary alicyclic amines) is 1. The summed E-state index contributed by atoms with van der Waals surface area (Å²) in [5.41, 5.74) is 0.865. The summed E-state index contributed by atoms with van der Waals surface area (Å²) in [6.45, 7) is 7.64. The van der Waals surface area contributed by atoms with Crippen LogP contribution in [-0.2, 0) is 10.2 Å². The van der Waals surface area contributed by atoms with Gasteiger partial charge in [0.05, 0.1) is 5.41 Å². The number of rotatable bonds is 5. The van der Waals surface area contributed by atoms with E-state index in [-0.39, 0.29) is 11.3 Å². The Bertz CT molecular complexity index is 562. The molecular formula is C19H27BrN2O. The third-order valence-electron chi connectivity index (χ3n) is 5.56. The summed E-state index contributed by atoms with van der Waals surface area (Å²) < 4.78 is 1.05. The molecule has 3 nitrogen and oxygen atoms in total. The second kappa shape index (κ2) is 6.94. The summed E-state index contributed by atoms with van der Waals surface area (Å²) in [5, 5.41) is 3.22. The molecule has 1 atom stereocenters. The van der Waals surface area contributed by atoms with Crippen LogP contribution >= 0.6 is 15.9 Å². The van der Waals surface area contributed by atoms with E-state index in [9.17, 15) is 4.79 Å². The molecule has 1 N–H and O–H groups in total. The highest BCUT2D eigenvalue weighted by molar-refractivity contribution is 9.10. The van der Waals surface area contributed by atoms with Crippen molar-refractivity contribution in [2.24, 2.45) is 5.92 Å². The van der Waals surface area contributed by atoms with Crippen molar-refractivity contribution in [2.45, 2.75) is 51.0 Å². The fourth-order valence-electron chi connectivity index (χ4n) is 3.57. The quantitative estimate of drug-likeness (QED) is 0.846. The summed E-state index contributed by atoms with van der Waals surface area (Å²) in [7, 11) is 0. The first-order chi connectivity index (χ1) is 11.0. The van der Waals surface area contributed by atoms with Gasteiger partial charge in [0.2, 0.25) is 5.91 Å². The highest BCUT2D eigenvalue weighted by Crippen LogP contribution is 2.48. The van der Waals surface area contributed by atoms with Gasteiger partial charge in [-0.15, -0.1) is 0 Å². The van der Waals surface area contributed by atoms with Crippen LogP contribution in [-0.4, -0.2) is 36.5 Å². The third kappa shape index (κ3) is 3.80. The van der Waals surface area contributed by atoms with Crippen LogP contribution in [0.4, 0.5) is 0 Å². The number of hydrogen-bond acceptors (Lipinski definition) is 2. The largest absolute Gasteiger partial charge is 0.354 e. The molecule has 0 unspecified atom stereocenters. The molecule has 2 aliphatic rings. The molecule has 1 aliphatic carbocycles. The number of hydrogen-bond donors (Lipinski definition) is 1. The maximum Gasteiger partial charge on any atom is 0.230 e. The molecule has 1 aliphatic heterocycles. The molecule has 3 rings (SSSR count). The lowest BCUT2D eigenvalue weighted by Crippen LogP contribution is -2.47. The molecule has 1 amide bonds. The zero-order valence-electron chi connectivity index (χ0n) is 14.1. The van der Waals surface area contributed by atoms with Crippen LogP contribution in [0.1, 0.15) is 45.1 Å². The topological polar surface area (TPSA) is 32.3 Å². The molecule has 23 heavy (non-hydrogen) atoms. The molecule has 0 spiro atoms. The van der Waals surface area contributed by atoms with E-state index in [1.54, 1.807) is 0 Å². The standard InChI is InChI=1S/C19H27BrN2O/c1-14-6-10-22(11-7-14)15(2)13-21-18(23)19(8-9-19)16-4-3-5-17(20)12-16/h3-5,12,14-15H,6-11,13H2,1-2H3,(H,21,23)/t15-/m1/s1. The predicted molar refractivity (Wildman–Crippen MR) is 97.5 cm³/mol. The van der Waals surface area contributed by atoms with Gasteiger partial charge in [0.1, 0.15) is 0 Å². The number of nitrogens with one attached hydrogen (secondary N) is 1. The number of carbonyl (C=O) groups is 1. The van der Waals surface area contributed by atoms with Gasteiger partial charge < -0.3 is 5.32 Å². The van der Waals surface area contributed by atoms with E-state index < -0.39 is 0 Å². The highest BCUT2D eigenvalue weighted by atomic mass is 79.9. The van der Waals surface area contributed by atoms with Crippen LogP contribution in [0.3, 0.4) is 0 Å². The molecule has 0 aromatic heterocycles. The average molecular weight is 379 g/mol. The Morgan fingerprint density at radius 1 is 1.39 bits per heavy atom. The zero-order chi connectivity index (χ0) is 16.4. The van der Waals surface area contributed by atoms with Crippen LogP contribution in [0, 0.1) is 5.92 Å². The maximum atomic E-state index is 12.7. The minimum Gasteiger partial charge on any atom is -0.354 e. The number of piperidine rings is 1. The molecular weight excluding hydrogens is 352 g/mol. The number of nitrogens with zero attached hydrogens (tertiary/aromatic N) is 1. The minimum atomic E-state index is -0.278. The average Bonchev–Trinajstić information content (AvgIpc) is 3.35. The summed E-state index contributed by atoms with van der Waals surface area (Å²) in [6.07, 6.45) is 4.48. The zero-order valence-corrected chi connectivity index (χ0v) is 15.7. The first-order valence-electron chi connectivity index (χ1n) is 8.80. The Balaban J connectivity index is 1.55. The molecule has 1 saturated heterocycles. The first kappa shape index (κ1) is 17.0. The molecule has 1 saturated carbocycles. The van der Waals surface area contributed by atoms with E-state index >= 15 is 0 Å². The monoisotopic (exact) mass is 378 g/mol. The second-order valence-electron chi connectivity index (χ2n) is 7.37. The van der Waals surface area contributed by atoms with Gasteiger partial charge in [0.25, 0.3) is 0 Å². The third-order valence-corrected chi connectivity index (χ3v) is 6.05. The number of benzene rings is 1. The summed E-state index contributed by atoms with van der Waals surface area (Å²) >= 11 is 3.51. The highest BCUT2D eigenvalue weighted by Gasteiger charge is 2.51. The summed E-state index contributed by atoms with van der Waals surface area (Å²) in [5.74, 6) is 1.05. The van der Waals surface area contributed by atoms with Gasteiger partial charge in [0.15, 0.2) is 0 Å². The van der Waals surface area contributed by atoms with Crippen molar-refractivity contribution in [3.05, 3.63) is 34.3 Å². The molecule has 1 aromatic rings. The van der Waals surface area contributed by atoms with E-state index in [1.165, 1.54) is 12.8 Å². The lowest BCUT2D eigenvalue weighted by Gasteiger charge is -2.35. The van der Waals surface area contributed by atoms with E-state index in [2.05, 4.69) is 52.1 Å². The van der Waals surface area contributed by atoms with Gasteiger partial charge in [0, 0.05) is 17.1 Å². The minimum absolute atomic E-state index is 0.202. The summed E-state index contributed by atoms with van der Waals surface area (Å²) in [4.78, 5) is 15.2. The van der Waals surface area contributed by atoms with Crippen LogP contribution < -0.4 is 5.32 Å². The Hall–Kier alpha value is -0.870. The number of halogens is 1. The van der Waals surface area contributed by atoms with Crippen molar-refractivity contribution in [3.63, 3.8) is 0 Å². The van der Waals surface area contributed by atoms with Crippen molar-refractivity contribution < 1.29 is 4.79 Å². The van der Waals surface area contributed by atoms with Gasteiger partial charge >= 0.3 is 0 Å². The fraction of sp³-hybridized carbons (Fsp3) is 0.632. The molecule has 1 heterocycles. The van der Waals surface area contributed by atoms with Crippen LogP contribution in [0.2, 0.25) is 0 Å². The van der Waals surface area contributed by atoms with Crippen molar-refractivity contribution in [1.29, 1.82) is 0 Å². The lowest BCUT2D eigenvalue weighted by atomic mass is 9.95. The van der Waals surface area contributed by atoms with E-state index in [0.717, 1.165) is 48.4 Å². The molecule has 0 bridgehead atoms. The molecule has 4 heteroatoms. The van der Waals surface area contributed by atoms with E-state index in [0.29, 0.717) is 6.04 Å². The Labute approximate surface area is 148 Å². The lowest BCUT2D eigenvalue weighted by molar-refractivity contribution is -0.123. The van der Waals surface area contributed by atoms with Gasteiger partial charge in [-0.1, -0.05) is 35.0 Å². The second-order valence-corrected chi connectivity index (χ2v) is 8.29. The van der Waals surface area contributed by atoms with Crippen LogP contribution in [0.25, 0.3) is 0 Å². The Morgan fingerprint density at radius 2 is 2.09 bits per heavy atom. The number of carbonyl (C=O) groups excluding carboxylic acids is 1. The van der Waals surface area contributed by atoms with Crippen molar-refractivity contribution >= 4 is 21.8 Å². The van der Waals surface area contributed by atoms with Crippen molar-refractivity contribution in [1.82, 2.24) is 10.2 Å². The normalized spacial score (nSPS) is 22.6. The van der Waals surface area contributed by atoms with E-state index in [4.69, 9.17) is 0 Å². The van der Waals surface area contributed by atoms with Gasteiger partial charge in [-0.25, -0.2) is 0 Å². The van der Waals surface area contributed by atoms with Gasteiger partial charge in [-0.3, -0.25) is 9.69 Å². The molecule has 1 aromatic carbocycles. The van der Waals surface area contributed by atoms with Crippen molar-refractivity contribution in [3.8, 4) is 0 Å². The number of amides is 1. The van der Waals surface area contributed by atoms with Gasteiger partial charge in [-0.05, 0) is 69.3 Å². The maximum absolute atomic E-state index is 12.7. The molecule has 0 radical (unpaired) electrons.